The molecule has 3 heterocycles. The Kier molecular flexibility index (Phi) is 6.77. The Morgan fingerprint density at radius 1 is 0.972 bits per heavy atom. The van der Waals surface area contributed by atoms with Crippen LogP contribution in [0, 0.1) is 5.82 Å². The number of nitrogen functional groups attached to an aromatic ring is 1. The summed E-state index contributed by atoms with van der Waals surface area (Å²) >= 11 is 5.64. The third-order valence-corrected chi connectivity index (χ3v) is 6.55. The van der Waals surface area contributed by atoms with E-state index in [2.05, 4.69) is 25.1 Å². The fraction of sp³-hybridized carbons (Fsp3) is 0.231. The van der Waals surface area contributed by atoms with Crippen molar-refractivity contribution in [3.05, 3.63) is 72.0 Å². The maximum atomic E-state index is 13.4. The molecule has 10 heteroatoms. The Morgan fingerprint density at radius 2 is 1.69 bits per heavy atom. The smallest absolute Gasteiger partial charge is 0.222 e. The fourth-order valence-electron chi connectivity index (χ4n) is 4.17. The molecule has 0 atom stereocenters. The molecule has 1 aliphatic rings. The molecule has 0 aliphatic carbocycles. The SMILES string of the molecule is COc1ccc(CNC(=S)N2CCN(c3nc(N)nc4ccc(-c5ccc(F)cc5)nc34)CC2)cc1. The predicted octanol–water partition coefficient (Wildman–Crippen LogP) is 3.62. The van der Waals surface area contributed by atoms with E-state index in [1.54, 1.807) is 19.2 Å². The molecule has 0 spiro atoms. The van der Waals surface area contributed by atoms with Gasteiger partial charge in [-0.3, -0.25) is 0 Å². The van der Waals surface area contributed by atoms with Gasteiger partial charge in [-0.25, -0.2) is 14.4 Å². The van der Waals surface area contributed by atoms with Crippen LogP contribution in [0.3, 0.4) is 0 Å². The van der Waals surface area contributed by atoms with Gasteiger partial charge >= 0.3 is 0 Å². The van der Waals surface area contributed by atoms with E-state index in [4.69, 9.17) is 27.7 Å². The van der Waals surface area contributed by atoms with Gasteiger partial charge in [0.1, 0.15) is 17.1 Å². The summed E-state index contributed by atoms with van der Waals surface area (Å²) in [6, 6.07) is 17.9. The molecule has 1 fully saturated rings. The lowest BCUT2D eigenvalue weighted by molar-refractivity contribution is 0.379. The van der Waals surface area contributed by atoms with Crippen LogP contribution in [0.4, 0.5) is 16.2 Å². The van der Waals surface area contributed by atoms with Crippen LogP contribution in [0.15, 0.2) is 60.7 Å². The Morgan fingerprint density at radius 3 is 2.39 bits per heavy atom. The quantitative estimate of drug-likeness (QED) is 0.396. The van der Waals surface area contributed by atoms with Crippen LogP contribution in [0.25, 0.3) is 22.3 Å². The number of anilines is 2. The van der Waals surface area contributed by atoms with Gasteiger partial charge < -0.3 is 25.6 Å². The summed E-state index contributed by atoms with van der Waals surface area (Å²) < 4.78 is 18.6. The van der Waals surface area contributed by atoms with Crippen molar-refractivity contribution in [3.8, 4) is 17.0 Å². The molecule has 0 saturated carbocycles. The lowest BCUT2D eigenvalue weighted by atomic mass is 10.1. The monoisotopic (exact) mass is 503 g/mol. The molecule has 0 unspecified atom stereocenters. The molecule has 4 aromatic rings. The van der Waals surface area contributed by atoms with E-state index in [-0.39, 0.29) is 11.8 Å². The van der Waals surface area contributed by atoms with Gasteiger partial charge in [0.05, 0.1) is 18.3 Å². The number of fused-ring (bicyclic) bond motifs is 1. The highest BCUT2D eigenvalue weighted by atomic mass is 32.1. The van der Waals surface area contributed by atoms with Gasteiger partial charge in [-0.05, 0) is 66.3 Å². The lowest BCUT2D eigenvalue weighted by Crippen LogP contribution is -2.51. The molecule has 1 saturated heterocycles. The lowest BCUT2D eigenvalue weighted by Gasteiger charge is -2.37. The van der Waals surface area contributed by atoms with Crippen molar-refractivity contribution in [2.45, 2.75) is 6.54 Å². The van der Waals surface area contributed by atoms with Crippen LogP contribution in [-0.4, -0.2) is 58.3 Å². The van der Waals surface area contributed by atoms with E-state index in [0.29, 0.717) is 41.6 Å². The standard InChI is InChI=1S/C26H26FN7OS/c1-35-20-8-2-17(3-9-20)16-29-26(36)34-14-12-33(13-15-34)24-23-22(31-25(28)32-24)11-10-21(30-23)18-4-6-19(27)7-5-18/h2-11H,12-16H2,1H3,(H,29,36)(H2,28,31,32). The first kappa shape index (κ1) is 23.7. The zero-order valence-corrected chi connectivity index (χ0v) is 20.6. The molecule has 2 aromatic carbocycles. The summed E-state index contributed by atoms with van der Waals surface area (Å²) in [4.78, 5) is 18.0. The summed E-state index contributed by atoms with van der Waals surface area (Å²) in [5.74, 6) is 1.44. The maximum absolute atomic E-state index is 13.4. The summed E-state index contributed by atoms with van der Waals surface area (Å²) in [5, 5.41) is 4.06. The largest absolute Gasteiger partial charge is 0.497 e. The molecule has 2 aromatic heterocycles. The minimum Gasteiger partial charge on any atom is -0.497 e. The number of piperazine rings is 1. The molecule has 0 bridgehead atoms. The minimum absolute atomic E-state index is 0.202. The van der Waals surface area contributed by atoms with Gasteiger partial charge in [0, 0.05) is 38.3 Å². The number of hydrogen-bond donors (Lipinski definition) is 2. The molecule has 3 N–H and O–H groups in total. The van der Waals surface area contributed by atoms with E-state index in [1.165, 1.54) is 12.1 Å². The highest BCUT2D eigenvalue weighted by molar-refractivity contribution is 7.80. The zero-order chi connectivity index (χ0) is 25.1. The number of ether oxygens (including phenoxy) is 1. The van der Waals surface area contributed by atoms with Crippen LogP contribution in [0.1, 0.15) is 5.56 Å². The Labute approximate surface area is 213 Å². The van der Waals surface area contributed by atoms with Gasteiger partial charge in [0.15, 0.2) is 10.9 Å². The molecular formula is C26H26FN7OS. The maximum Gasteiger partial charge on any atom is 0.222 e. The second kappa shape index (κ2) is 10.3. The first-order valence-electron chi connectivity index (χ1n) is 11.6. The number of aromatic nitrogens is 3. The average molecular weight is 504 g/mol. The Hall–Kier alpha value is -4.05. The van der Waals surface area contributed by atoms with E-state index in [9.17, 15) is 4.39 Å². The highest BCUT2D eigenvalue weighted by Crippen LogP contribution is 2.27. The molecule has 1 aliphatic heterocycles. The number of benzene rings is 2. The van der Waals surface area contributed by atoms with Crippen LogP contribution < -0.4 is 20.7 Å². The second-order valence-electron chi connectivity index (χ2n) is 8.46. The first-order valence-corrected chi connectivity index (χ1v) is 12.0. The van der Waals surface area contributed by atoms with E-state index < -0.39 is 0 Å². The third kappa shape index (κ3) is 5.13. The van der Waals surface area contributed by atoms with Crippen molar-refractivity contribution in [1.29, 1.82) is 0 Å². The van der Waals surface area contributed by atoms with Crippen LogP contribution >= 0.6 is 12.2 Å². The highest BCUT2D eigenvalue weighted by Gasteiger charge is 2.23. The minimum atomic E-state index is -0.286. The van der Waals surface area contributed by atoms with Crippen LogP contribution in [0.2, 0.25) is 0 Å². The molecule has 36 heavy (non-hydrogen) atoms. The van der Waals surface area contributed by atoms with Gasteiger partial charge in [-0.2, -0.15) is 4.98 Å². The van der Waals surface area contributed by atoms with E-state index in [1.807, 2.05) is 36.4 Å². The summed E-state index contributed by atoms with van der Waals surface area (Å²) in [6.45, 7) is 3.53. The van der Waals surface area contributed by atoms with Crippen molar-refractivity contribution in [2.24, 2.45) is 0 Å². The number of thiocarbonyl (C=S) groups is 1. The predicted molar refractivity (Wildman–Crippen MR) is 143 cm³/mol. The normalized spacial score (nSPS) is 13.6. The number of nitrogens with zero attached hydrogens (tertiary/aromatic N) is 5. The number of nitrogens with one attached hydrogen (secondary N) is 1. The van der Waals surface area contributed by atoms with Crippen molar-refractivity contribution in [2.75, 3.05) is 43.9 Å². The van der Waals surface area contributed by atoms with Crippen LogP contribution in [0.5, 0.6) is 5.75 Å². The van der Waals surface area contributed by atoms with Crippen LogP contribution in [-0.2, 0) is 6.54 Å². The van der Waals surface area contributed by atoms with E-state index >= 15 is 0 Å². The number of hydrogen-bond acceptors (Lipinski definition) is 7. The number of pyridine rings is 1. The van der Waals surface area contributed by atoms with Gasteiger partial charge in [-0.15, -0.1) is 0 Å². The van der Waals surface area contributed by atoms with Gasteiger partial charge in [0.25, 0.3) is 0 Å². The Balaban J connectivity index is 1.28. The van der Waals surface area contributed by atoms with Gasteiger partial charge in [0.2, 0.25) is 5.95 Å². The average Bonchev–Trinajstić information content (AvgIpc) is 2.92. The summed E-state index contributed by atoms with van der Waals surface area (Å²) in [6.07, 6.45) is 0. The number of rotatable bonds is 5. The topological polar surface area (TPSA) is 92.4 Å². The second-order valence-corrected chi connectivity index (χ2v) is 8.84. The summed E-state index contributed by atoms with van der Waals surface area (Å²) in [7, 11) is 1.65. The van der Waals surface area contributed by atoms with Crippen molar-refractivity contribution >= 4 is 40.1 Å². The summed E-state index contributed by atoms with van der Waals surface area (Å²) in [5.41, 5.74) is 10.0. The number of nitrogens with two attached hydrogens (primary N) is 1. The van der Waals surface area contributed by atoms with Gasteiger partial charge in [-0.1, -0.05) is 12.1 Å². The first-order chi connectivity index (χ1) is 17.5. The zero-order valence-electron chi connectivity index (χ0n) is 19.8. The fourth-order valence-corrected chi connectivity index (χ4v) is 4.43. The molecule has 0 radical (unpaired) electrons. The molecule has 8 nitrogen and oxygen atoms in total. The van der Waals surface area contributed by atoms with E-state index in [0.717, 1.165) is 35.7 Å². The molecule has 5 rings (SSSR count). The molecule has 184 valence electrons. The molecular weight excluding hydrogens is 477 g/mol. The number of methoxy groups -OCH3 is 1. The van der Waals surface area contributed by atoms with Crippen molar-refractivity contribution in [1.82, 2.24) is 25.2 Å². The Bertz CT molecular complexity index is 1370. The van der Waals surface area contributed by atoms with Crippen molar-refractivity contribution in [3.63, 3.8) is 0 Å². The number of halogens is 1. The third-order valence-electron chi connectivity index (χ3n) is 6.15. The molecule has 0 amide bonds. The van der Waals surface area contributed by atoms with Crippen molar-refractivity contribution < 1.29 is 9.13 Å².